The molecule has 2 rings (SSSR count). The van der Waals surface area contributed by atoms with Gasteiger partial charge in [-0.15, -0.1) is 0 Å². The summed E-state index contributed by atoms with van der Waals surface area (Å²) in [7, 11) is 2.03. The van der Waals surface area contributed by atoms with Gasteiger partial charge in [-0.3, -0.25) is 0 Å². The van der Waals surface area contributed by atoms with Crippen molar-refractivity contribution in [1.29, 1.82) is 0 Å². The Balaban J connectivity index is 1.92. The van der Waals surface area contributed by atoms with Crippen LogP contribution in [0.5, 0.6) is 0 Å². The molecule has 0 radical (unpaired) electrons. The number of halogens is 1. The van der Waals surface area contributed by atoms with Gasteiger partial charge in [0.05, 0.1) is 6.04 Å². The lowest BCUT2D eigenvalue weighted by molar-refractivity contribution is 0.453. The number of hydrogen-bond donors (Lipinski definition) is 1. The van der Waals surface area contributed by atoms with E-state index in [0.717, 1.165) is 16.7 Å². The first-order valence-electron chi connectivity index (χ1n) is 6.54. The molecule has 0 saturated heterocycles. The molecule has 2 atom stereocenters. The SMILES string of the molecule is CC(Cc1ccc(Br)cc1)NC(C)c1nccn1C. The minimum absolute atomic E-state index is 0.255. The summed E-state index contributed by atoms with van der Waals surface area (Å²) in [6.07, 6.45) is 4.84. The fourth-order valence-electron chi connectivity index (χ4n) is 2.33. The number of hydrogen-bond acceptors (Lipinski definition) is 2. The Morgan fingerprint density at radius 3 is 2.53 bits per heavy atom. The summed E-state index contributed by atoms with van der Waals surface area (Å²) >= 11 is 3.46. The van der Waals surface area contributed by atoms with Crippen LogP contribution in [0.4, 0.5) is 0 Å². The predicted molar refractivity (Wildman–Crippen MR) is 82.1 cm³/mol. The fraction of sp³-hybridized carbons (Fsp3) is 0.400. The van der Waals surface area contributed by atoms with Crippen molar-refractivity contribution in [2.24, 2.45) is 7.05 Å². The van der Waals surface area contributed by atoms with Crippen LogP contribution < -0.4 is 5.32 Å². The summed E-state index contributed by atoms with van der Waals surface area (Å²) in [5.74, 6) is 1.07. The summed E-state index contributed by atoms with van der Waals surface area (Å²) in [6, 6.07) is 9.16. The van der Waals surface area contributed by atoms with E-state index < -0.39 is 0 Å². The first-order chi connectivity index (χ1) is 9.06. The summed E-state index contributed by atoms with van der Waals surface area (Å²) < 4.78 is 3.18. The molecule has 102 valence electrons. The molecular weight excluding hydrogens is 302 g/mol. The Morgan fingerprint density at radius 2 is 1.95 bits per heavy atom. The Kier molecular flexibility index (Phi) is 4.77. The molecule has 0 amide bonds. The molecule has 0 aliphatic rings. The van der Waals surface area contributed by atoms with Gasteiger partial charge in [0.25, 0.3) is 0 Å². The third-order valence-electron chi connectivity index (χ3n) is 3.24. The lowest BCUT2D eigenvalue weighted by Gasteiger charge is -2.20. The van der Waals surface area contributed by atoms with Gasteiger partial charge in [0, 0.05) is 30.0 Å². The number of nitrogens with one attached hydrogen (secondary N) is 1. The molecule has 1 aromatic carbocycles. The second kappa shape index (κ2) is 6.35. The van der Waals surface area contributed by atoms with Crippen molar-refractivity contribution in [3.8, 4) is 0 Å². The Hall–Kier alpha value is -1.13. The standard InChI is InChI=1S/C15H20BrN3/c1-11(10-13-4-6-14(16)7-5-13)18-12(2)15-17-8-9-19(15)3/h4-9,11-12,18H,10H2,1-3H3. The van der Waals surface area contributed by atoms with Crippen molar-refractivity contribution in [3.05, 3.63) is 52.5 Å². The van der Waals surface area contributed by atoms with Gasteiger partial charge in [0.1, 0.15) is 5.82 Å². The van der Waals surface area contributed by atoms with Crippen LogP contribution in [0.1, 0.15) is 31.3 Å². The molecule has 2 aromatic rings. The Bertz CT molecular complexity index is 518. The summed E-state index contributed by atoms with van der Waals surface area (Å²) in [5, 5.41) is 3.59. The summed E-state index contributed by atoms with van der Waals surface area (Å²) in [6.45, 7) is 4.36. The summed E-state index contributed by atoms with van der Waals surface area (Å²) in [4.78, 5) is 4.38. The molecule has 4 heteroatoms. The second-order valence-electron chi connectivity index (χ2n) is 5.02. The predicted octanol–water partition coefficient (Wildman–Crippen LogP) is 3.46. The maximum absolute atomic E-state index is 4.38. The lowest BCUT2D eigenvalue weighted by Crippen LogP contribution is -2.32. The van der Waals surface area contributed by atoms with E-state index in [4.69, 9.17) is 0 Å². The highest BCUT2D eigenvalue weighted by Crippen LogP contribution is 2.14. The minimum atomic E-state index is 0.255. The zero-order valence-corrected chi connectivity index (χ0v) is 13.2. The highest BCUT2D eigenvalue weighted by atomic mass is 79.9. The normalized spacial score (nSPS) is 14.3. The average molecular weight is 322 g/mol. The Labute approximate surface area is 123 Å². The van der Waals surface area contributed by atoms with Gasteiger partial charge in [0.2, 0.25) is 0 Å². The van der Waals surface area contributed by atoms with E-state index in [2.05, 4.69) is 68.9 Å². The van der Waals surface area contributed by atoms with Crippen molar-refractivity contribution >= 4 is 15.9 Å². The quantitative estimate of drug-likeness (QED) is 0.913. The third kappa shape index (κ3) is 3.91. The fourth-order valence-corrected chi connectivity index (χ4v) is 2.59. The van der Waals surface area contributed by atoms with Crippen molar-refractivity contribution in [2.75, 3.05) is 0 Å². The largest absolute Gasteiger partial charge is 0.337 e. The third-order valence-corrected chi connectivity index (χ3v) is 3.76. The first kappa shape index (κ1) is 14.3. The van der Waals surface area contributed by atoms with Crippen LogP contribution >= 0.6 is 15.9 Å². The Morgan fingerprint density at radius 1 is 1.26 bits per heavy atom. The van der Waals surface area contributed by atoms with Gasteiger partial charge in [-0.25, -0.2) is 4.98 Å². The highest BCUT2D eigenvalue weighted by Gasteiger charge is 2.13. The molecule has 1 aromatic heterocycles. The van der Waals surface area contributed by atoms with Crippen LogP contribution in [0.2, 0.25) is 0 Å². The van der Waals surface area contributed by atoms with E-state index in [9.17, 15) is 0 Å². The molecule has 19 heavy (non-hydrogen) atoms. The molecule has 0 aliphatic heterocycles. The smallest absolute Gasteiger partial charge is 0.125 e. The van der Waals surface area contributed by atoms with Gasteiger partial charge in [-0.1, -0.05) is 28.1 Å². The number of imidazole rings is 1. The molecule has 0 saturated carbocycles. The molecular formula is C15H20BrN3. The highest BCUT2D eigenvalue weighted by molar-refractivity contribution is 9.10. The minimum Gasteiger partial charge on any atom is -0.337 e. The van der Waals surface area contributed by atoms with E-state index in [1.807, 2.05) is 19.4 Å². The van der Waals surface area contributed by atoms with Gasteiger partial charge in [0.15, 0.2) is 0 Å². The summed E-state index contributed by atoms with van der Waals surface area (Å²) in [5.41, 5.74) is 1.34. The van der Waals surface area contributed by atoms with E-state index >= 15 is 0 Å². The maximum Gasteiger partial charge on any atom is 0.125 e. The van der Waals surface area contributed by atoms with Crippen molar-refractivity contribution in [2.45, 2.75) is 32.4 Å². The van der Waals surface area contributed by atoms with Crippen LogP contribution in [0, 0.1) is 0 Å². The molecule has 1 N–H and O–H groups in total. The number of aromatic nitrogens is 2. The van der Waals surface area contributed by atoms with E-state index in [-0.39, 0.29) is 6.04 Å². The van der Waals surface area contributed by atoms with Crippen LogP contribution in [-0.2, 0) is 13.5 Å². The molecule has 0 fully saturated rings. The van der Waals surface area contributed by atoms with Crippen molar-refractivity contribution in [1.82, 2.24) is 14.9 Å². The first-order valence-corrected chi connectivity index (χ1v) is 7.33. The molecule has 3 nitrogen and oxygen atoms in total. The number of rotatable bonds is 5. The average Bonchev–Trinajstić information content (AvgIpc) is 2.78. The molecule has 0 bridgehead atoms. The zero-order valence-electron chi connectivity index (χ0n) is 11.6. The topological polar surface area (TPSA) is 29.9 Å². The number of nitrogens with zero attached hydrogens (tertiary/aromatic N) is 2. The zero-order chi connectivity index (χ0) is 13.8. The van der Waals surface area contributed by atoms with Gasteiger partial charge >= 0.3 is 0 Å². The van der Waals surface area contributed by atoms with Crippen LogP contribution in [-0.4, -0.2) is 15.6 Å². The molecule has 0 aliphatic carbocycles. The van der Waals surface area contributed by atoms with Gasteiger partial charge in [-0.05, 0) is 38.0 Å². The van der Waals surface area contributed by atoms with Crippen LogP contribution in [0.15, 0.2) is 41.1 Å². The van der Waals surface area contributed by atoms with E-state index in [0.29, 0.717) is 6.04 Å². The van der Waals surface area contributed by atoms with Crippen molar-refractivity contribution in [3.63, 3.8) is 0 Å². The van der Waals surface area contributed by atoms with Gasteiger partial charge in [-0.2, -0.15) is 0 Å². The number of benzene rings is 1. The van der Waals surface area contributed by atoms with E-state index in [1.165, 1.54) is 5.56 Å². The lowest BCUT2D eigenvalue weighted by atomic mass is 10.1. The maximum atomic E-state index is 4.38. The van der Waals surface area contributed by atoms with Crippen LogP contribution in [0.25, 0.3) is 0 Å². The second-order valence-corrected chi connectivity index (χ2v) is 5.93. The molecule has 1 heterocycles. The molecule has 0 spiro atoms. The van der Waals surface area contributed by atoms with Crippen LogP contribution in [0.3, 0.4) is 0 Å². The van der Waals surface area contributed by atoms with Gasteiger partial charge < -0.3 is 9.88 Å². The monoisotopic (exact) mass is 321 g/mol. The van der Waals surface area contributed by atoms with E-state index in [1.54, 1.807) is 0 Å². The molecule has 2 unspecified atom stereocenters. The van der Waals surface area contributed by atoms with Crippen molar-refractivity contribution < 1.29 is 0 Å². The number of aryl methyl sites for hydroxylation is 1.